The minimum atomic E-state index is -0.842. The summed E-state index contributed by atoms with van der Waals surface area (Å²) in [7, 11) is 0. The van der Waals surface area contributed by atoms with Gasteiger partial charge in [0.05, 0.1) is 11.3 Å². The van der Waals surface area contributed by atoms with Gasteiger partial charge in [0.2, 0.25) is 0 Å². The Balaban J connectivity index is 2.44. The number of carboxylic acids is 1. The zero-order valence-electron chi connectivity index (χ0n) is 10.5. The molecule has 1 aliphatic rings. The van der Waals surface area contributed by atoms with Gasteiger partial charge in [0, 0.05) is 11.6 Å². The molecule has 1 atom stereocenters. The summed E-state index contributed by atoms with van der Waals surface area (Å²) in [6.45, 7) is 0.645. The lowest BCUT2D eigenvalue weighted by molar-refractivity contribution is -0.138. The maximum Gasteiger partial charge on any atom is 0.326 e. The largest absolute Gasteiger partial charge is 0.480 e. The highest BCUT2D eigenvalue weighted by Crippen LogP contribution is 2.29. The molecule has 5 heteroatoms. The predicted molar refractivity (Wildman–Crippen MR) is 73.4 cm³/mol. The molecular weight excluding hydrogens is 264 g/mol. The van der Waals surface area contributed by atoms with Crippen LogP contribution in [0.15, 0.2) is 18.2 Å². The monoisotopic (exact) mass is 278 g/mol. The van der Waals surface area contributed by atoms with E-state index in [0.717, 1.165) is 19.3 Å². The van der Waals surface area contributed by atoms with E-state index < -0.39 is 12.0 Å². The van der Waals surface area contributed by atoms with E-state index in [-0.39, 0.29) is 0 Å². The summed E-state index contributed by atoms with van der Waals surface area (Å²) < 4.78 is 0. The van der Waals surface area contributed by atoms with Gasteiger partial charge in [0.25, 0.3) is 0 Å². The first kappa shape index (κ1) is 13.7. The van der Waals surface area contributed by atoms with Crippen molar-refractivity contribution in [2.24, 2.45) is 0 Å². The Hall–Kier alpha value is -1.73. The van der Waals surface area contributed by atoms with E-state index >= 15 is 0 Å². The van der Waals surface area contributed by atoms with Crippen LogP contribution < -0.4 is 4.90 Å². The van der Waals surface area contributed by atoms with Crippen molar-refractivity contribution in [2.45, 2.75) is 31.7 Å². The van der Waals surface area contributed by atoms with Gasteiger partial charge in [-0.2, -0.15) is 5.26 Å². The topological polar surface area (TPSA) is 64.3 Å². The molecule has 1 fully saturated rings. The number of halogens is 1. The van der Waals surface area contributed by atoms with Gasteiger partial charge in [0.1, 0.15) is 12.1 Å². The molecule has 0 saturated carbocycles. The molecule has 19 heavy (non-hydrogen) atoms. The van der Waals surface area contributed by atoms with Crippen LogP contribution in [0.1, 0.15) is 31.2 Å². The normalized spacial score (nSPS) is 19.6. The van der Waals surface area contributed by atoms with Gasteiger partial charge in [-0.25, -0.2) is 4.79 Å². The molecule has 1 aliphatic heterocycles. The Bertz CT molecular complexity index is 525. The Morgan fingerprint density at radius 3 is 2.89 bits per heavy atom. The van der Waals surface area contributed by atoms with Crippen LogP contribution >= 0.6 is 11.6 Å². The molecular formula is C14H15ClN2O2. The van der Waals surface area contributed by atoms with Gasteiger partial charge in [-0.05, 0) is 31.0 Å². The number of aliphatic carboxylic acids is 1. The van der Waals surface area contributed by atoms with Crippen LogP contribution in [0.3, 0.4) is 0 Å². The standard InChI is InChI=1S/C14H15ClN2O2/c15-11-6-5-10(9-16)13(8-11)17-7-3-1-2-4-12(17)14(18)19/h5-6,8,12H,1-4,7H2,(H,18,19). The van der Waals surface area contributed by atoms with E-state index in [9.17, 15) is 9.90 Å². The highest BCUT2D eigenvalue weighted by Gasteiger charge is 2.28. The fourth-order valence-electron chi connectivity index (χ4n) is 2.49. The number of hydrogen-bond acceptors (Lipinski definition) is 3. The molecule has 1 N–H and O–H groups in total. The molecule has 1 unspecified atom stereocenters. The van der Waals surface area contributed by atoms with Crippen molar-refractivity contribution in [3.8, 4) is 6.07 Å². The molecule has 0 radical (unpaired) electrons. The second-order valence-electron chi connectivity index (χ2n) is 4.67. The summed E-state index contributed by atoms with van der Waals surface area (Å²) in [5.74, 6) is -0.842. The van der Waals surface area contributed by atoms with Crippen LogP contribution in [0, 0.1) is 11.3 Å². The van der Waals surface area contributed by atoms with Gasteiger partial charge in [-0.1, -0.05) is 24.4 Å². The van der Waals surface area contributed by atoms with E-state index in [1.54, 1.807) is 23.1 Å². The third-order valence-corrected chi connectivity index (χ3v) is 3.66. The first-order chi connectivity index (χ1) is 9.13. The fraction of sp³-hybridized carbons (Fsp3) is 0.429. The number of nitriles is 1. The number of carboxylic acid groups (broad SMARTS) is 1. The average molecular weight is 279 g/mol. The minimum Gasteiger partial charge on any atom is -0.480 e. The second kappa shape index (κ2) is 5.94. The molecule has 1 saturated heterocycles. The van der Waals surface area contributed by atoms with Crippen molar-refractivity contribution in [3.05, 3.63) is 28.8 Å². The van der Waals surface area contributed by atoms with Crippen molar-refractivity contribution >= 4 is 23.3 Å². The molecule has 0 aromatic heterocycles. The number of benzene rings is 1. The van der Waals surface area contributed by atoms with E-state index in [1.807, 2.05) is 0 Å². The van der Waals surface area contributed by atoms with Gasteiger partial charge in [-0.3, -0.25) is 0 Å². The molecule has 0 aliphatic carbocycles. The Morgan fingerprint density at radius 2 is 2.21 bits per heavy atom. The zero-order valence-corrected chi connectivity index (χ0v) is 11.2. The summed E-state index contributed by atoms with van der Waals surface area (Å²) in [4.78, 5) is 13.2. The van der Waals surface area contributed by atoms with Gasteiger partial charge in [0.15, 0.2) is 0 Å². The third kappa shape index (κ3) is 2.99. The minimum absolute atomic E-state index is 0.470. The lowest BCUT2D eigenvalue weighted by atomic mass is 10.1. The van der Waals surface area contributed by atoms with E-state index in [0.29, 0.717) is 29.2 Å². The van der Waals surface area contributed by atoms with E-state index in [2.05, 4.69) is 6.07 Å². The Morgan fingerprint density at radius 1 is 1.42 bits per heavy atom. The molecule has 1 heterocycles. The van der Waals surface area contributed by atoms with Crippen molar-refractivity contribution < 1.29 is 9.90 Å². The SMILES string of the molecule is N#Cc1ccc(Cl)cc1N1CCCCCC1C(=O)O. The molecule has 0 bridgehead atoms. The summed E-state index contributed by atoms with van der Waals surface area (Å²) in [5, 5.41) is 19.1. The van der Waals surface area contributed by atoms with Crippen LogP contribution in [0.2, 0.25) is 5.02 Å². The number of hydrogen-bond donors (Lipinski definition) is 1. The van der Waals surface area contributed by atoms with Crippen LogP contribution in [-0.4, -0.2) is 23.7 Å². The molecule has 1 aromatic carbocycles. The zero-order chi connectivity index (χ0) is 13.8. The molecule has 1 aromatic rings. The quantitative estimate of drug-likeness (QED) is 0.903. The molecule has 2 rings (SSSR count). The van der Waals surface area contributed by atoms with Crippen LogP contribution in [0.25, 0.3) is 0 Å². The number of rotatable bonds is 2. The molecule has 4 nitrogen and oxygen atoms in total. The highest BCUT2D eigenvalue weighted by atomic mass is 35.5. The smallest absolute Gasteiger partial charge is 0.326 e. The van der Waals surface area contributed by atoms with Crippen molar-refractivity contribution in [1.29, 1.82) is 5.26 Å². The van der Waals surface area contributed by atoms with Crippen LogP contribution in [-0.2, 0) is 4.79 Å². The average Bonchev–Trinajstić information content (AvgIpc) is 2.64. The summed E-state index contributed by atoms with van der Waals surface area (Å²) in [6, 6.07) is 6.50. The van der Waals surface area contributed by atoms with E-state index in [1.165, 1.54) is 0 Å². The number of nitrogens with zero attached hydrogens (tertiary/aromatic N) is 2. The summed E-state index contributed by atoms with van der Waals surface area (Å²) in [6.07, 6.45) is 3.45. The summed E-state index contributed by atoms with van der Waals surface area (Å²) in [5.41, 5.74) is 1.10. The maximum atomic E-state index is 11.4. The van der Waals surface area contributed by atoms with Gasteiger partial charge >= 0.3 is 5.97 Å². The van der Waals surface area contributed by atoms with Crippen molar-refractivity contribution in [3.63, 3.8) is 0 Å². The van der Waals surface area contributed by atoms with Crippen molar-refractivity contribution in [2.75, 3.05) is 11.4 Å². The van der Waals surface area contributed by atoms with Crippen LogP contribution in [0.5, 0.6) is 0 Å². The first-order valence-corrected chi connectivity index (χ1v) is 6.70. The lowest BCUT2D eigenvalue weighted by Gasteiger charge is -2.29. The second-order valence-corrected chi connectivity index (χ2v) is 5.11. The van der Waals surface area contributed by atoms with E-state index in [4.69, 9.17) is 16.9 Å². The molecule has 100 valence electrons. The fourth-order valence-corrected chi connectivity index (χ4v) is 2.66. The maximum absolute atomic E-state index is 11.4. The van der Waals surface area contributed by atoms with Gasteiger partial charge in [-0.15, -0.1) is 0 Å². The highest BCUT2D eigenvalue weighted by molar-refractivity contribution is 6.30. The predicted octanol–water partition coefficient (Wildman–Crippen LogP) is 3.05. The third-order valence-electron chi connectivity index (χ3n) is 3.43. The Labute approximate surface area is 117 Å². The number of carbonyl (C=O) groups is 1. The van der Waals surface area contributed by atoms with Crippen LogP contribution in [0.4, 0.5) is 5.69 Å². The van der Waals surface area contributed by atoms with Crippen molar-refractivity contribution in [1.82, 2.24) is 0 Å². The lowest BCUT2D eigenvalue weighted by Crippen LogP contribution is -2.41. The number of anilines is 1. The molecule has 0 amide bonds. The van der Waals surface area contributed by atoms with Gasteiger partial charge < -0.3 is 10.0 Å². The summed E-state index contributed by atoms with van der Waals surface area (Å²) >= 11 is 5.98. The molecule has 0 spiro atoms. The Kier molecular flexibility index (Phi) is 4.28. The first-order valence-electron chi connectivity index (χ1n) is 6.32.